The van der Waals surface area contributed by atoms with E-state index in [1.54, 1.807) is 0 Å². The van der Waals surface area contributed by atoms with Gasteiger partial charge in [0.05, 0.1) is 0 Å². The van der Waals surface area contributed by atoms with Crippen molar-refractivity contribution in [1.29, 1.82) is 0 Å². The van der Waals surface area contributed by atoms with Gasteiger partial charge < -0.3 is 14.5 Å². The van der Waals surface area contributed by atoms with Gasteiger partial charge in [0.15, 0.2) is 0 Å². The molecular weight excluding hydrogens is 174 g/mol. The Labute approximate surface area is 86.2 Å². The van der Waals surface area contributed by atoms with Gasteiger partial charge in [-0.15, -0.1) is 0 Å². The van der Waals surface area contributed by atoms with Crippen molar-refractivity contribution in [3.05, 3.63) is 34.3 Å². The minimum atomic E-state index is 0.0717. The Bertz CT molecular complexity index is 251. The molecular formula is C11H15N3. The standard InChI is InChI=1S/C11H15N3/c1-12-9-5-4-7-11(14-3)8-6-10-13-2/h11H,4-10H2. The monoisotopic (exact) mass is 189 g/mol. The summed E-state index contributed by atoms with van der Waals surface area (Å²) in [5, 5.41) is 0. The van der Waals surface area contributed by atoms with Crippen molar-refractivity contribution >= 4 is 0 Å². The van der Waals surface area contributed by atoms with Crippen LogP contribution in [0.2, 0.25) is 0 Å². The first-order valence-electron chi connectivity index (χ1n) is 4.88. The molecule has 0 saturated heterocycles. The van der Waals surface area contributed by atoms with Crippen molar-refractivity contribution in [2.45, 2.75) is 38.1 Å². The molecule has 0 bridgehead atoms. The average molecular weight is 189 g/mol. The molecule has 0 rings (SSSR count). The van der Waals surface area contributed by atoms with Gasteiger partial charge in [0, 0.05) is 25.7 Å². The zero-order valence-corrected chi connectivity index (χ0v) is 8.37. The van der Waals surface area contributed by atoms with E-state index in [2.05, 4.69) is 14.5 Å². The Kier molecular flexibility index (Phi) is 8.51. The maximum atomic E-state index is 6.96. The molecule has 0 heterocycles. The third kappa shape index (κ3) is 7.14. The second-order valence-electron chi connectivity index (χ2n) is 3.18. The van der Waals surface area contributed by atoms with E-state index in [1.165, 1.54) is 0 Å². The van der Waals surface area contributed by atoms with E-state index in [-0.39, 0.29) is 6.04 Å². The molecule has 0 saturated carbocycles. The van der Waals surface area contributed by atoms with E-state index in [0.29, 0.717) is 13.1 Å². The minimum absolute atomic E-state index is 0.0717. The summed E-state index contributed by atoms with van der Waals surface area (Å²) in [7, 11) is 0. The van der Waals surface area contributed by atoms with Gasteiger partial charge in [-0.2, -0.15) is 0 Å². The van der Waals surface area contributed by atoms with Crippen molar-refractivity contribution in [2.24, 2.45) is 0 Å². The molecule has 0 aliphatic heterocycles. The summed E-state index contributed by atoms with van der Waals surface area (Å²) in [5.41, 5.74) is 0. The van der Waals surface area contributed by atoms with Crippen LogP contribution in [0, 0.1) is 19.7 Å². The molecule has 3 heteroatoms. The molecule has 0 aromatic rings. The molecule has 3 nitrogen and oxygen atoms in total. The van der Waals surface area contributed by atoms with Gasteiger partial charge in [-0.3, -0.25) is 0 Å². The van der Waals surface area contributed by atoms with Crippen LogP contribution in [0.3, 0.4) is 0 Å². The molecule has 0 radical (unpaired) electrons. The molecule has 0 aliphatic carbocycles. The Hall–Kier alpha value is -1.53. The fourth-order valence-corrected chi connectivity index (χ4v) is 1.25. The largest absolute Gasteiger partial charge is 0.317 e. The van der Waals surface area contributed by atoms with Crippen molar-refractivity contribution in [3.63, 3.8) is 0 Å². The lowest BCUT2D eigenvalue weighted by atomic mass is 10.1. The number of hydrogen-bond donors (Lipinski definition) is 0. The molecule has 0 fully saturated rings. The predicted molar refractivity (Wildman–Crippen MR) is 56.4 cm³/mol. The summed E-state index contributed by atoms with van der Waals surface area (Å²) in [6, 6.07) is 0.0717. The minimum Gasteiger partial charge on any atom is -0.317 e. The normalized spacial score (nSPS) is 10.9. The van der Waals surface area contributed by atoms with Crippen molar-refractivity contribution in [1.82, 2.24) is 0 Å². The Balaban J connectivity index is 3.46. The van der Waals surface area contributed by atoms with Gasteiger partial charge in [0.2, 0.25) is 19.1 Å². The van der Waals surface area contributed by atoms with Crippen LogP contribution in [0.15, 0.2) is 0 Å². The summed E-state index contributed by atoms with van der Waals surface area (Å²) in [5.74, 6) is 0. The van der Waals surface area contributed by atoms with Gasteiger partial charge in [0.1, 0.15) is 0 Å². The van der Waals surface area contributed by atoms with Gasteiger partial charge in [0.25, 0.3) is 0 Å². The lowest BCUT2D eigenvalue weighted by Gasteiger charge is -2.01. The van der Waals surface area contributed by atoms with Crippen LogP contribution in [-0.4, -0.2) is 19.1 Å². The molecule has 0 N–H and O–H groups in total. The van der Waals surface area contributed by atoms with Crippen LogP contribution >= 0.6 is 0 Å². The zero-order valence-electron chi connectivity index (χ0n) is 8.37. The first-order valence-corrected chi connectivity index (χ1v) is 4.88. The van der Waals surface area contributed by atoms with E-state index < -0.39 is 0 Å². The molecule has 0 amide bonds. The average Bonchev–Trinajstić information content (AvgIpc) is 2.22. The Morgan fingerprint density at radius 2 is 1.36 bits per heavy atom. The number of nitrogens with zero attached hydrogens (tertiary/aromatic N) is 3. The third-order valence-corrected chi connectivity index (χ3v) is 2.05. The second kappa shape index (κ2) is 9.56. The summed E-state index contributed by atoms with van der Waals surface area (Å²) in [6.45, 7) is 21.3. The number of unbranched alkanes of at least 4 members (excludes halogenated alkanes) is 1. The molecule has 0 spiro atoms. The Morgan fingerprint density at radius 1 is 0.786 bits per heavy atom. The number of rotatable bonds is 7. The second-order valence-corrected chi connectivity index (χ2v) is 3.18. The molecule has 74 valence electrons. The first-order chi connectivity index (χ1) is 6.85. The highest BCUT2D eigenvalue weighted by Crippen LogP contribution is 2.11. The molecule has 14 heavy (non-hydrogen) atoms. The summed E-state index contributed by atoms with van der Waals surface area (Å²) in [4.78, 5) is 10.1. The van der Waals surface area contributed by atoms with Crippen molar-refractivity contribution in [2.75, 3.05) is 13.1 Å². The summed E-state index contributed by atoms with van der Waals surface area (Å²) in [6.07, 6.45) is 4.42. The van der Waals surface area contributed by atoms with Crippen LogP contribution in [-0.2, 0) is 0 Å². The smallest absolute Gasteiger partial charge is 0.224 e. The highest BCUT2D eigenvalue weighted by Gasteiger charge is 2.12. The first kappa shape index (κ1) is 12.5. The predicted octanol–water partition coefficient (Wildman–Crippen LogP) is 3.06. The number of hydrogen-bond acceptors (Lipinski definition) is 0. The van der Waals surface area contributed by atoms with Gasteiger partial charge in [-0.1, -0.05) is 0 Å². The van der Waals surface area contributed by atoms with E-state index >= 15 is 0 Å². The third-order valence-electron chi connectivity index (χ3n) is 2.05. The molecule has 0 aromatic heterocycles. The lowest BCUT2D eigenvalue weighted by molar-refractivity contribution is 0.584. The topological polar surface area (TPSA) is 13.1 Å². The molecule has 1 unspecified atom stereocenters. The SMILES string of the molecule is [C-]#[N+]CCCCC(CCC[N+]#[C-])[N+]#[C-]. The van der Waals surface area contributed by atoms with Gasteiger partial charge >= 0.3 is 0 Å². The van der Waals surface area contributed by atoms with Crippen molar-refractivity contribution in [3.8, 4) is 0 Å². The Morgan fingerprint density at radius 3 is 1.93 bits per heavy atom. The zero-order chi connectivity index (χ0) is 10.6. The van der Waals surface area contributed by atoms with E-state index in [0.717, 1.165) is 32.1 Å². The molecule has 0 aromatic carbocycles. The molecule has 1 atom stereocenters. The highest BCUT2D eigenvalue weighted by molar-refractivity contribution is 4.79. The van der Waals surface area contributed by atoms with Gasteiger partial charge in [-0.25, -0.2) is 19.7 Å². The fourth-order valence-electron chi connectivity index (χ4n) is 1.25. The van der Waals surface area contributed by atoms with E-state index in [1.807, 2.05) is 0 Å². The summed E-state index contributed by atoms with van der Waals surface area (Å²) >= 11 is 0. The van der Waals surface area contributed by atoms with Crippen molar-refractivity contribution < 1.29 is 0 Å². The summed E-state index contributed by atoms with van der Waals surface area (Å²) < 4.78 is 0. The van der Waals surface area contributed by atoms with Crippen LogP contribution in [0.1, 0.15) is 32.1 Å². The fraction of sp³-hybridized carbons (Fsp3) is 0.727. The van der Waals surface area contributed by atoms with E-state index in [4.69, 9.17) is 19.7 Å². The quantitative estimate of drug-likeness (QED) is 0.431. The molecule has 0 aliphatic rings. The maximum absolute atomic E-state index is 6.96. The lowest BCUT2D eigenvalue weighted by Crippen LogP contribution is -2.02. The van der Waals surface area contributed by atoms with Gasteiger partial charge in [-0.05, 0) is 6.42 Å². The highest BCUT2D eigenvalue weighted by atomic mass is 14.7. The van der Waals surface area contributed by atoms with E-state index in [9.17, 15) is 0 Å². The van der Waals surface area contributed by atoms with Crippen LogP contribution < -0.4 is 0 Å². The van der Waals surface area contributed by atoms with Crippen LogP contribution in [0.5, 0.6) is 0 Å². The van der Waals surface area contributed by atoms with Crippen LogP contribution in [0.25, 0.3) is 14.5 Å². The maximum Gasteiger partial charge on any atom is 0.224 e. The van der Waals surface area contributed by atoms with Crippen LogP contribution in [0.4, 0.5) is 0 Å².